The van der Waals surface area contributed by atoms with Gasteiger partial charge in [-0.15, -0.1) is 0 Å². The fourth-order valence-electron chi connectivity index (χ4n) is 8.41. The van der Waals surface area contributed by atoms with Gasteiger partial charge in [-0.2, -0.15) is 0 Å². The van der Waals surface area contributed by atoms with E-state index >= 15 is 0 Å². The summed E-state index contributed by atoms with van der Waals surface area (Å²) in [5, 5.41) is 0. The normalized spacial score (nSPS) is 41.8. The van der Waals surface area contributed by atoms with Crippen LogP contribution in [0.15, 0.2) is 30.5 Å². The van der Waals surface area contributed by atoms with Gasteiger partial charge in [0.05, 0.1) is 5.52 Å². The maximum Gasteiger partial charge on any atom is 0.246 e. The number of rotatable bonds is 2. The molecule has 7 atom stereocenters. The van der Waals surface area contributed by atoms with Crippen molar-refractivity contribution in [2.75, 3.05) is 7.05 Å². The Morgan fingerprint density at radius 1 is 1.16 bits per heavy atom. The van der Waals surface area contributed by atoms with Crippen molar-refractivity contribution in [2.45, 2.75) is 64.8 Å². The zero-order valence-corrected chi connectivity index (χ0v) is 19.0. The summed E-state index contributed by atoms with van der Waals surface area (Å²) in [4.78, 5) is 27.0. The zero-order valence-electron chi connectivity index (χ0n) is 19.0. The third kappa shape index (κ3) is 2.71. The van der Waals surface area contributed by atoms with Gasteiger partial charge in [0.1, 0.15) is 5.82 Å². The van der Waals surface area contributed by atoms with E-state index in [-0.39, 0.29) is 11.3 Å². The number of fused-ring (bicyclic) bond motifs is 6. The van der Waals surface area contributed by atoms with Gasteiger partial charge in [-0.3, -0.25) is 4.79 Å². The molecule has 2 aromatic rings. The molecular weight excluding hydrogens is 384 g/mol. The van der Waals surface area contributed by atoms with Crippen molar-refractivity contribution in [1.29, 1.82) is 0 Å². The van der Waals surface area contributed by atoms with Gasteiger partial charge in [-0.25, -0.2) is 9.97 Å². The maximum atomic E-state index is 12.3. The number of nitrogens with one attached hydrogen (secondary N) is 1. The predicted molar refractivity (Wildman–Crippen MR) is 121 cm³/mol. The first-order valence-corrected chi connectivity index (χ1v) is 12.2. The summed E-state index contributed by atoms with van der Waals surface area (Å²) in [5.74, 6) is 4.26. The lowest BCUT2D eigenvalue weighted by atomic mass is 9.47. The Labute approximate surface area is 184 Å². The molecule has 1 amide bonds. The summed E-state index contributed by atoms with van der Waals surface area (Å²) < 4.78 is 0. The third-order valence-corrected chi connectivity index (χ3v) is 10.1. The largest absolute Gasteiger partial charge is 0.341 e. The fraction of sp³-hybridized carbons (Fsp3) is 0.654. The van der Waals surface area contributed by atoms with E-state index in [0.29, 0.717) is 23.3 Å². The summed E-state index contributed by atoms with van der Waals surface area (Å²) in [6.07, 6.45) is 14.7. The Bertz CT molecular complexity index is 1030. The van der Waals surface area contributed by atoms with E-state index in [1.54, 1.807) is 0 Å². The van der Waals surface area contributed by atoms with Crippen LogP contribution in [0.5, 0.6) is 0 Å². The molecule has 0 saturated heterocycles. The molecule has 1 aliphatic heterocycles. The van der Waals surface area contributed by atoms with Gasteiger partial charge in [0.25, 0.3) is 0 Å². The van der Waals surface area contributed by atoms with Gasteiger partial charge in [-0.05, 0) is 85.8 Å². The van der Waals surface area contributed by atoms with Crippen LogP contribution in [-0.4, -0.2) is 38.8 Å². The minimum atomic E-state index is 0.134. The van der Waals surface area contributed by atoms with E-state index in [4.69, 9.17) is 4.98 Å². The molecule has 0 bridgehead atoms. The molecule has 3 heterocycles. The lowest BCUT2D eigenvalue weighted by Crippen LogP contribution is -2.59. The second kappa shape index (κ2) is 6.66. The van der Waals surface area contributed by atoms with Crippen LogP contribution in [0, 0.1) is 34.5 Å². The third-order valence-electron chi connectivity index (χ3n) is 10.1. The van der Waals surface area contributed by atoms with E-state index in [1.165, 1.54) is 32.1 Å². The molecule has 2 aromatic heterocycles. The summed E-state index contributed by atoms with van der Waals surface area (Å²) >= 11 is 0. The molecule has 3 saturated carbocycles. The van der Waals surface area contributed by atoms with Crippen LogP contribution in [0.2, 0.25) is 0 Å². The molecule has 6 rings (SSSR count). The Balaban J connectivity index is 1.26. The Kier molecular flexibility index (Phi) is 4.19. The molecule has 0 aromatic carbocycles. The number of pyridine rings is 1. The Morgan fingerprint density at radius 3 is 2.87 bits per heavy atom. The Hall–Kier alpha value is -2.17. The van der Waals surface area contributed by atoms with Crippen molar-refractivity contribution in [3.8, 4) is 0 Å². The molecular formula is C26H34N4O. The number of nitrogens with zero attached hydrogens (tertiary/aromatic N) is 3. The number of carbonyl (C=O) groups excluding carboxylic acids is 1. The topological polar surface area (TPSA) is 61.9 Å². The highest BCUT2D eigenvalue weighted by molar-refractivity contribution is 5.89. The standard InChI is InChI=1S/C26H34N4O/c1-25-12-10-19-17(7-9-21-26(19,2)13-11-23(31)30(21)3)18(25)8-6-16(25)15-22-28-20-5-4-14-27-24(20)29-22/h4-5,11,13-14,16-19,21H,6-10,12,15H2,1-3H3,(H,27,28,29)/t16-,17+,18+,19+,21?,25-,26-/m1/s1. The molecule has 4 aliphatic rings. The smallest absolute Gasteiger partial charge is 0.246 e. The average Bonchev–Trinajstić information content (AvgIpc) is 3.32. The number of H-pyrrole nitrogens is 1. The van der Waals surface area contributed by atoms with Crippen LogP contribution in [0.25, 0.3) is 11.2 Å². The molecule has 3 fully saturated rings. The van der Waals surface area contributed by atoms with E-state index < -0.39 is 0 Å². The van der Waals surface area contributed by atoms with Crippen LogP contribution in [0.3, 0.4) is 0 Å². The molecule has 5 heteroatoms. The zero-order chi connectivity index (χ0) is 21.4. The number of likely N-dealkylation sites (N-methyl/N-ethyl adjacent to an activating group) is 1. The maximum absolute atomic E-state index is 12.3. The first kappa shape index (κ1) is 19.5. The monoisotopic (exact) mass is 418 g/mol. The van der Waals surface area contributed by atoms with Crippen molar-refractivity contribution in [1.82, 2.24) is 19.9 Å². The number of carbonyl (C=O) groups is 1. The summed E-state index contributed by atoms with van der Waals surface area (Å²) in [6, 6.07) is 4.41. The second-order valence-electron chi connectivity index (χ2n) is 11.2. The quantitative estimate of drug-likeness (QED) is 0.765. The van der Waals surface area contributed by atoms with Crippen molar-refractivity contribution in [3.63, 3.8) is 0 Å². The predicted octanol–water partition coefficient (Wildman–Crippen LogP) is 4.76. The second-order valence-corrected chi connectivity index (χ2v) is 11.2. The minimum absolute atomic E-state index is 0.134. The van der Waals surface area contributed by atoms with Gasteiger partial charge >= 0.3 is 0 Å². The van der Waals surface area contributed by atoms with E-state index in [2.05, 4.69) is 36.0 Å². The number of aromatic amines is 1. The Morgan fingerprint density at radius 2 is 2.03 bits per heavy atom. The van der Waals surface area contributed by atoms with E-state index in [0.717, 1.165) is 41.7 Å². The summed E-state index contributed by atoms with van der Waals surface area (Å²) in [7, 11) is 2.01. The number of hydrogen-bond acceptors (Lipinski definition) is 3. The molecule has 1 unspecified atom stereocenters. The van der Waals surface area contributed by atoms with Crippen LogP contribution < -0.4 is 0 Å². The van der Waals surface area contributed by atoms with Crippen LogP contribution in [0.4, 0.5) is 0 Å². The van der Waals surface area contributed by atoms with Crippen molar-refractivity contribution in [3.05, 3.63) is 36.3 Å². The highest BCUT2D eigenvalue weighted by Gasteiger charge is 2.60. The van der Waals surface area contributed by atoms with Gasteiger partial charge in [0.15, 0.2) is 5.65 Å². The van der Waals surface area contributed by atoms with E-state index in [9.17, 15) is 4.79 Å². The number of imidazole rings is 1. The summed E-state index contributed by atoms with van der Waals surface area (Å²) in [5.41, 5.74) is 2.43. The van der Waals surface area contributed by atoms with Crippen LogP contribution in [-0.2, 0) is 11.2 Å². The highest BCUT2D eigenvalue weighted by Crippen LogP contribution is 2.65. The first-order chi connectivity index (χ1) is 14.9. The van der Waals surface area contributed by atoms with Gasteiger partial charge < -0.3 is 9.88 Å². The fourth-order valence-corrected chi connectivity index (χ4v) is 8.41. The van der Waals surface area contributed by atoms with Crippen molar-refractivity contribution < 1.29 is 4.79 Å². The lowest BCUT2D eigenvalue weighted by molar-refractivity contribution is -0.138. The average molecular weight is 419 g/mol. The molecule has 164 valence electrons. The highest BCUT2D eigenvalue weighted by atomic mass is 16.2. The van der Waals surface area contributed by atoms with Gasteiger partial charge in [0.2, 0.25) is 5.91 Å². The van der Waals surface area contributed by atoms with Gasteiger partial charge in [0, 0.05) is 31.1 Å². The molecule has 0 spiro atoms. The molecule has 1 N–H and O–H groups in total. The molecule has 31 heavy (non-hydrogen) atoms. The summed E-state index contributed by atoms with van der Waals surface area (Å²) in [6.45, 7) is 5.01. The van der Waals surface area contributed by atoms with E-state index in [1.807, 2.05) is 30.3 Å². The van der Waals surface area contributed by atoms with Crippen LogP contribution >= 0.6 is 0 Å². The van der Waals surface area contributed by atoms with Gasteiger partial charge in [-0.1, -0.05) is 19.9 Å². The lowest BCUT2D eigenvalue weighted by Gasteiger charge is -2.60. The molecule has 5 nitrogen and oxygen atoms in total. The minimum Gasteiger partial charge on any atom is -0.341 e. The number of hydrogen-bond donors (Lipinski definition) is 1. The van der Waals surface area contributed by atoms with Crippen LogP contribution in [0.1, 0.15) is 58.2 Å². The van der Waals surface area contributed by atoms with Crippen molar-refractivity contribution >= 4 is 17.1 Å². The number of amides is 1. The first-order valence-electron chi connectivity index (χ1n) is 12.2. The van der Waals surface area contributed by atoms with Crippen molar-refractivity contribution in [2.24, 2.45) is 34.5 Å². The molecule has 3 aliphatic carbocycles. The molecule has 0 radical (unpaired) electrons. The SMILES string of the molecule is CN1C(=O)C=C[C@@]2(C)C1CC[C@H]1[C@@H]3CC[C@H](Cc4nc5ncccc5[nH]4)[C@@]3(C)CC[C@@H]12. The number of aromatic nitrogens is 3.